The molecule has 0 saturated heterocycles. The smallest absolute Gasteiger partial charge is 0.319 e. The summed E-state index contributed by atoms with van der Waals surface area (Å²) in [4.78, 5) is 26.6. The highest BCUT2D eigenvalue weighted by Crippen LogP contribution is 2.29. The number of rotatable bonds is 13. The Kier molecular flexibility index (Phi) is 40.6. The van der Waals surface area contributed by atoms with Crippen molar-refractivity contribution in [2.45, 2.75) is 78.2 Å². The number of hydrogen-bond donors (Lipinski definition) is 5. The van der Waals surface area contributed by atoms with Crippen LogP contribution in [-0.2, 0) is 19.0 Å². The van der Waals surface area contributed by atoms with E-state index in [1.165, 1.54) is 23.5 Å². The summed E-state index contributed by atoms with van der Waals surface area (Å²) in [6, 6.07) is 0. The molecular weight excluding hydrogens is 697 g/mol. The van der Waals surface area contributed by atoms with Crippen molar-refractivity contribution in [1.29, 1.82) is 0 Å². The van der Waals surface area contributed by atoms with E-state index in [2.05, 4.69) is 44.2 Å². The van der Waals surface area contributed by atoms with Crippen molar-refractivity contribution >= 4 is 80.4 Å². The number of aliphatic hydroxyl groups excluding tert-OH is 3. The number of thioether (sulfide) groups is 2. The van der Waals surface area contributed by atoms with Crippen LogP contribution in [0.1, 0.15) is 68.7 Å². The minimum atomic E-state index is -0.848. The van der Waals surface area contributed by atoms with Crippen LogP contribution in [-0.4, -0.2) is 117 Å². The molecule has 0 radical (unpaired) electrons. The van der Waals surface area contributed by atoms with Gasteiger partial charge in [0.15, 0.2) is 5.78 Å². The molecule has 0 amide bonds. The topological polar surface area (TPSA) is 192 Å². The summed E-state index contributed by atoms with van der Waals surface area (Å²) in [5, 5.41) is 46.2. The van der Waals surface area contributed by atoms with Crippen molar-refractivity contribution in [2.24, 2.45) is 0 Å². The number of ketones is 1. The SMILES string of the molecule is CC#CC#CC#CSOOO.CCN(CC)C(=S)SC(C)(C)C(=O)CCO.CCN(CC)C(=S)SC(C)(C)C(=O)O.O.OCCO. The molecular formula is C29H50N2O10S5. The van der Waals surface area contributed by atoms with Gasteiger partial charge >= 0.3 is 5.97 Å². The van der Waals surface area contributed by atoms with E-state index in [9.17, 15) is 9.59 Å². The molecule has 0 bridgehead atoms. The fourth-order valence-corrected chi connectivity index (χ4v) is 6.11. The van der Waals surface area contributed by atoms with Gasteiger partial charge in [-0.25, -0.2) is 5.26 Å². The zero-order chi connectivity index (χ0) is 35.9. The van der Waals surface area contributed by atoms with Crippen LogP contribution in [0.15, 0.2) is 0 Å². The van der Waals surface area contributed by atoms with Crippen LogP contribution >= 0.6 is 60.0 Å². The van der Waals surface area contributed by atoms with E-state index in [1.807, 2.05) is 51.3 Å². The molecule has 0 atom stereocenters. The molecule has 0 aliphatic carbocycles. The van der Waals surface area contributed by atoms with E-state index >= 15 is 0 Å². The Balaban J connectivity index is -0.000000173. The molecule has 0 unspecified atom stereocenters. The van der Waals surface area contributed by atoms with Gasteiger partial charge in [-0.05, 0) is 80.1 Å². The number of thiocarbonyl (C=S) groups is 2. The average molecular weight is 747 g/mol. The lowest BCUT2D eigenvalue weighted by atomic mass is 10.1. The molecule has 0 aromatic carbocycles. The third-order valence-electron chi connectivity index (χ3n) is 4.82. The monoisotopic (exact) mass is 746 g/mol. The van der Waals surface area contributed by atoms with Gasteiger partial charge in [0.2, 0.25) is 0 Å². The van der Waals surface area contributed by atoms with Gasteiger partial charge < -0.3 is 35.7 Å². The lowest BCUT2D eigenvalue weighted by Gasteiger charge is -2.28. The Morgan fingerprint density at radius 3 is 1.50 bits per heavy atom. The van der Waals surface area contributed by atoms with Crippen LogP contribution in [0.25, 0.3) is 0 Å². The summed E-state index contributed by atoms with van der Waals surface area (Å²) < 4.78 is 3.94. The number of aliphatic hydroxyl groups is 3. The van der Waals surface area contributed by atoms with Crippen LogP contribution in [0.5, 0.6) is 0 Å². The third kappa shape index (κ3) is 31.0. The van der Waals surface area contributed by atoms with Crippen LogP contribution in [0.4, 0.5) is 0 Å². The van der Waals surface area contributed by atoms with Crippen molar-refractivity contribution in [1.82, 2.24) is 9.80 Å². The predicted octanol–water partition coefficient (Wildman–Crippen LogP) is 3.48. The minimum Gasteiger partial charge on any atom is -0.480 e. The van der Waals surface area contributed by atoms with E-state index in [-0.39, 0.29) is 37.5 Å². The number of hydrogen-bond acceptors (Lipinski definition) is 13. The fourth-order valence-electron chi connectivity index (χ4n) is 2.24. The molecule has 266 valence electrons. The zero-order valence-electron chi connectivity index (χ0n) is 28.0. The van der Waals surface area contributed by atoms with Gasteiger partial charge in [0.1, 0.15) is 25.4 Å². The third-order valence-corrected chi connectivity index (χ3v) is 8.44. The standard InChI is InChI=1S/C11H21NO2S2.C9H17NO2S2.C7H4O3S.C2H6O2.H2O/c1-5-12(6-2)10(15)16-11(3,4)9(14)7-8-13;1-5-10(6-2)8(13)14-9(3,4)7(11)12;1-2-3-4-5-6-7-11-10-9-8;3-1-2-4;/h13H,5-8H2,1-4H3;5-6H2,1-4H3,(H,11,12);8H,1H3;3-4H,1-2H2;1H2. The maximum absolute atomic E-state index is 11.7. The van der Waals surface area contributed by atoms with Crippen molar-refractivity contribution in [3.8, 4) is 34.9 Å². The predicted molar refractivity (Wildman–Crippen MR) is 198 cm³/mol. The summed E-state index contributed by atoms with van der Waals surface area (Å²) in [6.07, 6.45) is 0.195. The number of carboxylic acid groups (broad SMARTS) is 1. The molecule has 0 heterocycles. The molecule has 0 saturated carbocycles. The molecule has 0 aliphatic rings. The second kappa shape index (κ2) is 34.7. The van der Waals surface area contributed by atoms with Crippen molar-refractivity contribution < 1.29 is 50.1 Å². The molecule has 0 aromatic rings. The number of aliphatic carboxylic acids is 1. The molecule has 7 N–H and O–H groups in total. The maximum Gasteiger partial charge on any atom is 0.319 e. The first-order valence-corrected chi connectivity index (χ1v) is 16.9. The number of nitrogens with zero attached hydrogens (tertiary/aromatic N) is 2. The maximum atomic E-state index is 11.7. The van der Waals surface area contributed by atoms with E-state index < -0.39 is 15.5 Å². The van der Waals surface area contributed by atoms with Crippen LogP contribution in [0.2, 0.25) is 0 Å². The van der Waals surface area contributed by atoms with Gasteiger partial charge in [-0.15, -0.1) is 4.33 Å². The summed E-state index contributed by atoms with van der Waals surface area (Å²) in [5.41, 5.74) is 0. The molecule has 0 spiro atoms. The number of Topliss-reactive ketones (excluding diaryl/α,β-unsaturated/α-hetero) is 1. The first-order chi connectivity index (χ1) is 21.1. The molecule has 0 aliphatic heterocycles. The lowest BCUT2D eigenvalue weighted by Crippen LogP contribution is -2.35. The van der Waals surface area contributed by atoms with Gasteiger partial charge in [0, 0.05) is 43.8 Å². The molecule has 0 aromatic heterocycles. The van der Waals surface area contributed by atoms with E-state index in [4.69, 9.17) is 50.1 Å². The van der Waals surface area contributed by atoms with Gasteiger partial charge in [-0.3, -0.25) is 9.59 Å². The summed E-state index contributed by atoms with van der Waals surface area (Å²) in [6.45, 7) is 19.8. The molecule has 0 rings (SSSR count). The molecule has 0 fully saturated rings. The van der Waals surface area contributed by atoms with E-state index in [0.29, 0.717) is 16.4 Å². The first-order valence-electron chi connectivity index (χ1n) is 13.7. The molecule has 12 nitrogen and oxygen atoms in total. The van der Waals surface area contributed by atoms with E-state index in [1.54, 1.807) is 20.8 Å². The summed E-state index contributed by atoms with van der Waals surface area (Å²) >= 11 is 13.7. The number of carbonyl (C=O) groups excluding carboxylic acids is 1. The first kappa shape index (κ1) is 53.8. The Bertz CT molecular complexity index is 1030. The number of carboxylic acids is 1. The zero-order valence-corrected chi connectivity index (χ0v) is 32.0. The van der Waals surface area contributed by atoms with Crippen molar-refractivity contribution in [3.63, 3.8) is 0 Å². The fraction of sp³-hybridized carbons (Fsp3) is 0.655. The highest BCUT2D eigenvalue weighted by Gasteiger charge is 2.31. The van der Waals surface area contributed by atoms with Crippen LogP contribution in [0.3, 0.4) is 0 Å². The van der Waals surface area contributed by atoms with Crippen molar-refractivity contribution in [2.75, 3.05) is 46.0 Å². The van der Waals surface area contributed by atoms with Gasteiger partial charge in [-0.1, -0.05) is 58.9 Å². The van der Waals surface area contributed by atoms with Crippen LogP contribution < -0.4 is 0 Å². The highest BCUT2D eigenvalue weighted by atomic mass is 32.2. The second-order valence-corrected chi connectivity index (χ2v) is 13.8. The molecule has 46 heavy (non-hydrogen) atoms. The largest absolute Gasteiger partial charge is 0.480 e. The van der Waals surface area contributed by atoms with Crippen molar-refractivity contribution in [3.05, 3.63) is 0 Å². The highest BCUT2D eigenvalue weighted by molar-refractivity contribution is 8.24. The normalized spacial score (nSPS) is 9.41. The number of carbonyl (C=O) groups is 2. The quantitative estimate of drug-likeness (QED) is 0.0459. The Morgan fingerprint density at radius 1 is 0.761 bits per heavy atom. The van der Waals surface area contributed by atoms with E-state index in [0.717, 1.165) is 30.5 Å². The summed E-state index contributed by atoms with van der Waals surface area (Å²) in [7, 11) is 0. The minimum absolute atomic E-state index is 0. The van der Waals surface area contributed by atoms with Gasteiger partial charge in [0.25, 0.3) is 0 Å². The van der Waals surface area contributed by atoms with Gasteiger partial charge in [0.05, 0.1) is 24.6 Å². The molecule has 17 heteroatoms. The Hall–Kier alpha value is -1.63. The lowest BCUT2D eigenvalue weighted by molar-refractivity contribution is -0.431. The Labute approximate surface area is 298 Å². The second-order valence-electron chi connectivity index (χ2n) is 8.83. The van der Waals surface area contributed by atoms with Crippen LogP contribution in [0, 0.1) is 34.9 Å². The Morgan fingerprint density at radius 2 is 1.17 bits per heavy atom. The summed E-state index contributed by atoms with van der Waals surface area (Å²) in [5.74, 6) is 11.5. The van der Waals surface area contributed by atoms with Gasteiger partial charge in [-0.2, -0.15) is 0 Å². The average Bonchev–Trinajstić information content (AvgIpc) is 2.98.